The predicted octanol–water partition coefficient (Wildman–Crippen LogP) is 2.35. The third-order valence-electron chi connectivity index (χ3n) is 4.66. The molecule has 0 aliphatic carbocycles. The highest BCUT2D eigenvalue weighted by Gasteiger charge is 2.42. The van der Waals surface area contributed by atoms with Crippen LogP contribution in [-0.4, -0.2) is 25.7 Å². The minimum atomic E-state index is 0.676. The van der Waals surface area contributed by atoms with Gasteiger partial charge in [-0.15, -0.1) is 0 Å². The van der Waals surface area contributed by atoms with E-state index in [4.69, 9.17) is 0 Å². The molecule has 0 radical (unpaired) electrons. The van der Waals surface area contributed by atoms with Crippen LogP contribution in [0.2, 0.25) is 0 Å². The SMILES string of the molecule is Cc1cccc(C)c1N1CC2CNCC2C1C. The number of aryl methyl sites for hydroxylation is 2. The number of rotatable bonds is 1. The third-order valence-corrected chi connectivity index (χ3v) is 4.66. The van der Waals surface area contributed by atoms with Gasteiger partial charge in [0.25, 0.3) is 0 Å². The van der Waals surface area contributed by atoms with E-state index in [1.54, 1.807) is 0 Å². The Balaban J connectivity index is 1.95. The van der Waals surface area contributed by atoms with E-state index in [1.807, 2.05) is 0 Å². The second-order valence-electron chi connectivity index (χ2n) is 5.72. The minimum Gasteiger partial charge on any atom is -0.368 e. The van der Waals surface area contributed by atoms with Crippen molar-refractivity contribution >= 4 is 5.69 Å². The summed E-state index contributed by atoms with van der Waals surface area (Å²) in [5.41, 5.74) is 4.32. The van der Waals surface area contributed by atoms with Gasteiger partial charge in [-0.1, -0.05) is 18.2 Å². The maximum absolute atomic E-state index is 3.53. The van der Waals surface area contributed by atoms with Crippen molar-refractivity contribution in [2.75, 3.05) is 24.5 Å². The average molecular weight is 230 g/mol. The summed E-state index contributed by atoms with van der Waals surface area (Å²) in [4.78, 5) is 2.64. The quantitative estimate of drug-likeness (QED) is 0.796. The average Bonchev–Trinajstić information content (AvgIpc) is 2.84. The highest BCUT2D eigenvalue weighted by atomic mass is 15.2. The number of hydrogen-bond donors (Lipinski definition) is 1. The number of benzene rings is 1. The van der Waals surface area contributed by atoms with Crippen LogP contribution in [0.25, 0.3) is 0 Å². The van der Waals surface area contributed by atoms with E-state index < -0.39 is 0 Å². The van der Waals surface area contributed by atoms with Crippen LogP contribution in [0.4, 0.5) is 5.69 Å². The fourth-order valence-electron chi connectivity index (χ4n) is 3.72. The first-order valence-corrected chi connectivity index (χ1v) is 6.72. The van der Waals surface area contributed by atoms with Crippen LogP contribution >= 0.6 is 0 Å². The van der Waals surface area contributed by atoms with Gasteiger partial charge in [0.05, 0.1) is 0 Å². The van der Waals surface area contributed by atoms with Crippen LogP contribution in [0.15, 0.2) is 18.2 Å². The molecule has 0 bridgehead atoms. The molecule has 2 aliphatic heterocycles. The number of para-hydroxylation sites is 1. The number of anilines is 1. The van der Waals surface area contributed by atoms with Gasteiger partial charge in [0.1, 0.15) is 0 Å². The number of fused-ring (bicyclic) bond motifs is 1. The minimum absolute atomic E-state index is 0.676. The van der Waals surface area contributed by atoms with Crippen LogP contribution in [-0.2, 0) is 0 Å². The number of nitrogens with one attached hydrogen (secondary N) is 1. The molecule has 0 amide bonds. The smallest absolute Gasteiger partial charge is 0.0428 e. The molecule has 0 spiro atoms. The Bertz CT molecular complexity index is 407. The molecule has 1 N–H and O–H groups in total. The van der Waals surface area contributed by atoms with Gasteiger partial charge in [0.15, 0.2) is 0 Å². The summed E-state index contributed by atoms with van der Waals surface area (Å²) < 4.78 is 0. The molecule has 2 saturated heterocycles. The molecule has 3 rings (SSSR count). The lowest BCUT2D eigenvalue weighted by Crippen LogP contribution is -2.34. The van der Waals surface area contributed by atoms with Crippen molar-refractivity contribution in [1.82, 2.24) is 5.32 Å². The van der Waals surface area contributed by atoms with Crippen molar-refractivity contribution in [3.05, 3.63) is 29.3 Å². The molecule has 2 heteroatoms. The Kier molecular flexibility index (Phi) is 2.62. The van der Waals surface area contributed by atoms with Crippen molar-refractivity contribution in [1.29, 1.82) is 0 Å². The molecule has 3 atom stereocenters. The van der Waals surface area contributed by atoms with Gasteiger partial charge in [0, 0.05) is 31.4 Å². The molecule has 0 saturated carbocycles. The van der Waals surface area contributed by atoms with E-state index in [9.17, 15) is 0 Å². The first kappa shape index (κ1) is 11.1. The second-order valence-corrected chi connectivity index (χ2v) is 5.72. The Hall–Kier alpha value is -1.02. The molecule has 2 fully saturated rings. The molecule has 1 aromatic rings. The summed E-state index contributed by atoms with van der Waals surface area (Å²) in [5.74, 6) is 1.69. The van der Waals surface area contributed by atoms with E-state index in [-0.39, 0.29) is 0 Å². The Morgan fingerprint density at radius 3 is 2.53 bits per heavy atom. The zero-order valence-electron chi connectivity index (χ0n) is 11.0. The van der Waals surface area contributed by atoms with Gasteiger partial charge in [0.2, 0.25) is 0 Å². The van der Waals surface area contributed by atoms with Crippen LogP contribution in [0.1, 0.15) is 18.1 Å². The normalized spacial score (nSPS) is 31.9. The lowest BCUT2D eigenvalue weighted by Gasteiger charge is -2.29. The van der Waals surface area contributed by atoms with Gasteiger partial charge in [-0.25, -0.2) is 0 Å². The number of nitrogens with zero attached hydrogens (tertiary/aromatic N) is 1. The largest absolute Gasteiger partial charge is 0.368 e. The Morgan fingerprint density at radius 2 is 1.88 bits per heavy atom. The van der Waals surface area contributed by atoms with Crippen molar-refractivity contribution in [2.45, 2.75) is 26.8 Å². The van der Waals surface area contributed by atoms with E-state index in [0.29, 0.717) is 6.04 Å². The predicted molar refractivity (Wildman–Crippen MR) is 72.6 cm³/mol. The van der Waals surface area contributed by atoms with Crippen LogP contribution in [0, 0.1) is 25.7 Å². The topological polar surface area (TPSA) is 15.3 Å². The maximum Gasteiger partial charge on any atom is 0.0428 e. The van der Waals surface area contributed by atoms with Crippen molar-refractivity contribution in [3.8, 4) is 0 Å². The molecule has 3 unspecified atom stereocenters. The highest BCUT2D eigenvalue weighted by molar-refractivity contribution is 5.60. The molecule has 0 aromatic heterocycles. The molecule has 92 valence electrons. The fraction of sp³-hybridized carbons (Fsp3) is 0.600. The molecule has 2 heterocycles. The van der Waals surface area contributed by atoms with E-state index >= 15 is 0 Å². The summed E-state index contributed by atoms with van der Waals surface area (Å²) >= 11 is 0. The van der Waals surface area contributed by atoms with Gasteiger partial charge in [-0.05, 0) is 43.7 Å². The fourth-order valence-corrected chi connectivity index (χ4v) is 3.72. The van der Waals surface area contributed by atoms with Crippen LogP contribution in [0.3, 0.4) is 0 Å². The zero-order chi connectivity index (χ0) is 12.0. The van der Waals surface area contributed by atoms with Gasteiger partial charge >= 0.3 is 0 Å². The van der Waals surface area contributed by atoms with Crippen molar-refractivity contribution in [3.63, 3.8) is 0 Å². The summed E-state index contributed by atoms with van der Waals surface area (Å²) in [6.45, 7) is 10.5. The Morgan fingerprint density at radius 1 is 1.18 bits per heavy atom. The first-order valence-electron chi connectivity index (χ1n) is 6.72. The highest BCUT2D eigenvalue weighted by Crippen LogP contribution is 2.38. The summed E-state index contributed by atoms with van der Waals surface area (Å²) in [6, 6.07) is 7.31. The monoisotopic (exact) mass is 230 g/mol. The van der Waals surface area contributed by atoms with Crippen LogP contribution < -0.4 is 10.2 Å². The van der Waals surface area contributed by atoms with E-state index in [1.165, 1.54) is 36.4 Å². The molecule has 1 aromatic carbocycles. The maximum atomic E-state index is 3.53. The van der Waals surface area contributed by atoms with Crippen molar-refractivity contribution in [2.24, 2.45) is 11.8 Å². The van der Waals surface area contributed by atoms with Gasteiger partial charge < -0.3 is 10.2 Å². The molecular weight excluding hydrogens is 208 g/mol. The standard InChI is InChI=1S/C15H22N2/c1-10-5-4-6-11(2)15(10)17-9-13-7-16-8-14(13)12(17)3/h4-6,12-14,16H,7-9H2,1-3H3. The Labute approximate surface area is 104 Å². The summed E-state index contributed by atoms with van der Waals surface area (Å²) in [7, 11) is 0. The van der Waals surface area contributed by atoms with Crippen molar-refractivity contribution < 1.29 is 0 Å². The van der Waals surface area contributed by atoms with E-state index in [0.717, 1.165) is 11.8 Å². The second kappa shape index (κ2) is 4.02. The van der Waals surface area contributed by atoms with E-state index in [2.05, 4.69) is 49.2 Å². The molecule has 2 aliphatic rings. The molecule has 2 nitrogen and oxygen atoms in total. The van der Waals surface area contributed by atoms with Crippen LogP contribution in [0.5, 0.6) is 0 Å². The zero-order valence-corrected chi connectivity index (χ0v) is 11.0. The van der Waals surface area contributed by atoms with Gasteiger partial charge in [-0.3, -0.25) is 0 Å². The first-order chi connectivity index (χ1) is 8.18. The molecular formula is C15H22N2. The number of hydrogen-bond acceptors (Lipinski definition) is 2. The van der Waals surface area contributed by atoms with Gasteiger partial charge in [-0.2, -0.15) is 0 Å². The summed E-state index contributed by atoms with van der Waals surface area (Å²) in [5, 5.41) is 3.53. The third kappa shape index (κ3) is 1.66. The lowest BCUT2D eigenvalue weighted by molar-refractivity contribution is 0.471. The lowest BCUT2D eigenvalue weighted by atomic mass is 9.95. The molecule has 17 heavy (non-hydrogen) atoms. The summed E-state index contributed by atoms with van der Waals surface area (Å²) in [6.07, 6.45) is 0.